The largest absolute Gasteiger partial charge is 0.490 e. The molecule has 0 fully saturated rings. The minimum absolute atomic E-state index is 0.381. The van der Waals surface area contributed by atoms with Crippen molar-refractivity contribution in [2.24, 2.45) is 0 Å². The molecular formula is C14H11F2NO. The number of anilines is 1. The van der Waals surface area contributed by atoms with Gasteiger partial charge in [-0.25, -0.2) is 8.78 Å². The molecule has 2 aromatic rings. The molecule has 4 heteroatoms. The van der Waals surface area contributed by atoms with Crippen molar-refractivity contribution in [3.8, 4) is 16.9 Å². The molecule has 18 heavy (non-hydrogen) atoms. The van der Waals surface area contributed by atoms with Gasteiger partial charge in [-0.15, -0.1) is 0 Å². The molecule has 0 spiro atoms. The Morgan fingerprint density at radius 3 is 2.78 bits per heavy atom. The molecule has 1 aliphatic heterocycles. The van der Waals surface area contributed by atoms with Crippen LogP contribution in [0.25, 0.3) is 11.1 Å². The van der Waals surface area contributed by atoms with Crippen LogP contribution in [0.3, 0.4) is 0 Å². The summed E-state index contributed by atoms with van der Waals surface area (Å²) in [6, 6.07) is 8.95. The van der Waals surface area contributed by atoms with Crippen molar-refractivity contribution in [2.75, 3.05) is 18.5 Å². The minimum atomic E-state index is -0.573. The van der Waals surface area contributed by atoms with E-state index in [4.69, 9.17) is 4.74 Å². The molecule has 92 valence electrons. The second kappa shape index (κ2) is 4.29. The quantitative estimate of drug-likeness (QED) is 0.833. The van der Waals surface area contributed by atoms with E-state index in [0.29, 0.717) is 17.7 Å². The molecule has 0 aromatic heterocycles. The summed E-state index contributed by atoms with van der Waals surface area (Å²) in [7, 11) is 0. The van der Waals surface area contributed by atoms with Crippen molar-refractivity contribution in [3.05, 3.63) is 48.0 Å². The first-order valence-corrected chi connectivity index (χ1v) is 5.70. The SMILES string of the molecule is Fc1ccc(-c2ccc3c(c2)NCCO3)c(F)c1. The van der Waals surface area contributed by atoms with E-state index in [1.807, 2.05) is 6.07 Å². The van der Waals surface area contributed by atoms with Crippen LogP contribution in [0.2, 0.25) is 0 Å². The minimum Gasteiger partial charge on any atom is -0.490 e. The zero-order valence-corrected chi connectivity index (χ0v) is 9.54. The number of ether oxygens (including phenoxy) is 1. The summed E-state index contributed by atoms with van der Waals surface area (Å²) in [6.07, 6.45) is 0. The van der Waals surface area contributed by atoms with Crippen LogP contribution >= 0.6 is 0 Å². The smallest absolute Gasteiger partial charge is 0.142 e. The highest BCUT2D eigenvalue weighted by atomic mass is 19.1. The summed E-state index contributed by atoms with van der Waals surface area (Å²) in [5.74, 6) is -0.380. The lowest BCUT2D eigenvalue weighted by Crippen LogP contribution is -2.17. The van der Waals surface area contributed by atoms with Gasteiger partial charge in [-0.2, -0.15) is 0 Å². The Kier molecular flexibility index (Phi) is 2.63. The topological polar surface area (TPSA) is 21.3 Å². The lowest BCUT2D eigenvalue weighted by molar-refractivity contribution is 0.323. The van der Waals surface area contributed by atoms with Gasteiger partial charge in [0.15, 0.2) is 0 Å². The molecular weight excluding hydrogens is 236 g/mol. The molecule has 2 aromatic carbocycles. The van der Waals surface area contributed by atoms with E-state index in [0.717, 1.165) is 24.0 Å². The van der Waals surface area contributed by atoms with Gasteiger partial charge >= 0.3 is 0 Å². The van der Waals surface area contributed by atoms with E-state index in [2.05, 4.69) is 5.32 Å². The molecule has 1 N–H and O–H groups in total. The molecule has 3 rings (SSSR count). The van der Waals surface area contributed by atoms with Crippen LogP contribution in [-0.4, -0.2) is 13.2 Å². The van der Waals surface area contributed by atoms with Crippen LogP contribution < -0.4 is 10.1 Å². The first-order chi connectivity index (χ1) is 8.74. The van der Waals surface area contributed by atoms with E-state index in [1.165, 1.54) is 12.1 Å². The lowest BCUT2D eigenvalue weighted by atomic mass is 10.0. The Balaban J connectivity index is 2.06. The fourth-order valence-corrected chi connectivity index (χ4v) is 2.03. The van der Waals surface area contributed by atoms with Gasteiger partial charge in [0.1, 0.15) is 24.0 Å². The third-order valence-electron chi connectivity index (χ3n) is 2.90. The average molecular weight is 247 g/mol. The maximum atomic E-state index is 13.7. The van der Waals surface area contributed by atoms with Crippen LogP contribution in [0.15, 0.2) is 36.4 Å². The van der Waals surface area contributed by atoms with Crippen LogP contribution in [-0.2, 0) is 0 Å². The van der Waals surface area contributed by atoms with E-state index in [1.54, 1.807) is 12.1 Å². The van der Waals surface area contributed by atoms with Gasteiger partial charge in [0, 0.05) is 18.2 Å². The van der Waals surface area contributed by atoms with Gasteiger partial charge in [-0.1, -0.05) is 6.07 Å². The summed E-state index contributed by atoms with van der Waals surface area (Å²) in [5.41, 5.74) is 1.92. The Bertz CT molecular complexity index is 598. The second-order valence-corrected chi connectivity index (χ2v) is 4.11. The van der Waals surface area contributed by atoms with Gasteiger partial charge in [0.05, 0.1) is 5.69 Å². The molecule has 0 atom stereocenters. The number of rotatable bonds is 1. The molecule has 0 radical (unpaired) electrons. The van der Waals surface area contributed by atoms with Crippen molar-refractivity contribution < 1.29 is 13.5 Å². The van der Waals surface area contributed by atoms with Gasteiger partial charge in [0.25, 0.3) is 0 Å². The Labute approximate surface area is 103 Å². The number of hydrogen-bond donors (Lipinski definition) is 1. The number of fused-ring (bicyclic) bond motifs is 1. The standard InChI is InChI=1S/C14H11F2NO/c15-10-2-3-11(12(16)8-10)9-1-4-14-13(7-9)17-5-6-18-14/h1-4,7-8,17H,5-6H2. The third-order valence-corrected chi connectivity index (χ3v) is 2.90. The van der Waals surface area contributed by atoms with E-state index < -0.39 is 11.6 Å². The predicted octanol–water partition coefficient (Wildman–Crippen LogP) is 3.44. The summed E-state index contributed by atoms with van der Waals surface area (Å²) < 4.78 is 32.0. The lowest BCUT2D eigenvalue weighted by Gasteiger charge is -2.19. The molecule has 1 aliphatic rings. The fraction of sp³-hybridized carbons (Fsp3) is 0.143. The predicted molar refractivity (Wildman–Crippen MR) is 65.8 cm³/mol. The maximum absolute atomic E-state index is 13.7. The maximum Gasteiger partial charge on any atom is 0.142 e. The van der Waals surface area contributed by atoms with Crippen molar-refractivity contribution in [1.29, 1.82) is 0 Å². The van der Waals surface area contributed by atoms with E-state index in [-0.39, 0.29) is 0 Å². The highest BCUT2D eigenvalue weighted by molar-refractivity contribution is 5.72. The fourth-order valence-electron chi connectivity index (χ4n) is 2.03. The first kappa shape index (κ1) is 11.0. The van der Waals surface area contributed by atoms with E-state index >= 15 is 0 Å². The molecule has 0 amide bonds. The average Bonchev–Trinajstić information content (AvgIpc) is 2.38. The van der Waals surface area contributed by atoms with Gasteiger partial charge < -0.3 is 10.1 Å². The highest BCUT2D eigenvalue weighted by Gasteiger charge is 2.12. The highest BCUT2D eigenvalue weighted by Crippen LogP contribution is 2.33. The molecule has 0 aliphatic carbocycles. The number of benzene rings is 2. The van der Waals surface area contributed by atoms with Crippen LogP contribution in [0.1, 0.15) is 0 Å². The zero-order valence-electron chi connectivity index (χ0n) is 9.54. The molecule has 0 bridgehead atoms. The zero-order chi connectivity index (χ0) is 12.5. The monoisotopic (exact) mass is 247 g/mol. The molecule has 0 unspecified atom stereocenters. The molecule has 0 saturated heterocycles. The summed E-state index contributed by atoms with van der Waals surface area (Å²) in [6.45, 7) is 1.35. The van der Waals surface area contributed by atoms with Crippen molar-refractivity contribution >= 4 is 5.69 Å². The summed E-state index contributed by atoms with van der Waals surface area (Å²) in [5, 5.41) is 3.18. The van der Waals surface area contributed by atoms with Gasteiger partial charge in [0.2, 0.25) is 0 Å². The van der Waals surface area contributed by atoms with E-state index in [9.17, 15) is 8.78 Å². The third kappa shape index (κ3) is 1.90. The van der Waals surface area contributed by atoms with Crippen molar-refractivity contribution in [1.82, 2.24) is 0 Å². The summed E-state index contributed by atoms with van der Waals surface area (Å²) >= 11 is 0. The van der Waals surface area contributed by atoms with Crippen molar-refractivity contribution in [3.63, 3.8) is 0 Å². The number of halogens is 2. The molecule has 1 heterocycles. The van der Waals surface area contributed by atoms with Gasteiger partial charge in [-0.3, -0.25) is 0 Å². The normalized spacial score (nSPS) is 13.4. The second-order valence-electron chi connectivity index (χ2n) is 4.11. The summed E-state index contributed by atoms with van der Waals surface area (Å²) in [4.78, 5) is 0. The van der Waals surface area contributed by atoms with Crippen LogP contribution in [0.4, 0.5) is 14.5 Å². The number of hydrogen-bond acceptors (Lipinski definition) is 2. The van der Waals surface area contributed by atoms with Crippen LogP contribution in [0.5, 0.6) is 5.75 Å². The molecule has 0 saturated carbocycles. The van der Waals surface area contributed by atoms with Crippen molar-refractivity contribution in [2.45, 2.75) is 0 Å². The Morgan fingerprint density at radius 2 is 1.94 bits per heavy atom. The van der Waals surface area contributed by atoms with Crippen LogP contribution in [0, 0.1) is 11.6 Å². The Hall–Kier alpha value is -2.10. The Morgan fingerprint density at radius 1 is 1.06 bits per heavy atom. The van der Waals surface area contributed by atoms with Gasteiger partial charge in [-0.05, 0) is 29.8 Å². The first-order valence-electron chi connectivity index (χ1n) is 5.70. The number of nitrogens with one attached hydrogen (secondary N) is 1. The molecule has 2 nitrogen and oxygen atoms in total.